The molecule has 1 aliphatic heterocycles. The van der Waals surface area contributed by atoms with Gasteiger partial charge >= 0.3 is 5.69 Å². The second-order valence-electron chi connectivity index (χ2n) is 4.09. The third-order valence-electron chi connectivity index (χ3n) is 2.73. The molecule has 0 atom stereocenters. The van der Waals surface area contributed by atoms with E-state index in [2.05, 4.69) is 0 Å². The van der Waals surface area contributed by atoms with E-state index < -0.39 is 41.3 Å². The van der Waals surface area contributed by atoms with E-state index in [9.17, 15) is 23.6 Å². The fourth-order valence-electron chi connectivity index (χ4n) is 1.92. The summed E-state index contributed by atoms with van der Waals surface area (Å²) in [5.41, 5.74) is -1.25. The molecule has 0 aromatic heterocycles. The predicted molar refractivity (Wildman–Crippen MR) is 74.1 cm³/mol. The summed E-state index contributed by atoms with van der Waals surface area (Å²) in [6.45, 7) is 0.563. The van der Waals surface area contributed by atoms with E-state index in [0.717, 1.165) is 5.06 Å². The van der Waals surface area contributed by atoms with Crippen molar-refractivity contribution in [3.05, 3.63) is 20.2 Å². The van der Waals surface area contributed by atoms with Gasteiger partial charge in [0.2, 0.25) is 15.8 Å². The van der Waals surface area contributed by atoms with Gasteiger partial charge in [0.25, 0.3) is 0 Å². The van der Waals surface area contributed by atoms with Gasteiger partial charge in [-0.2, -0.15) is 0 Å². The second-order valence-corrected chi connectivity index (χ2v) is 6.35. The topological polar surface area (TPSA) is 136 Å². The van der Waals surface area contributed by atoms with Crippen molar-refractivity contribution in [3.8, 4) is 5.75 Å². The number of nitrogens with two attached hydrogens (primary N) is 1. The molecule has 116 valence electrons. The number of nitrogens with zero attached hydrogens (tertiary/aromatic N) is 2. The maximum atomic E-state index is 11.4. The monoisotopic (exact) mass is 357 g/mol. The number of nitro benzene ring substituents is 1. The predicted octanol–water partition coefficient (Wildman–Crippen LogP) is 1.40. The van der Waals surface area contributed by atoms with Crippen molar-refractivity contribution in [2.45, 2.75) is 11.3 Å². The highest BCUT2D eigenvalue weighted by atomic mass is 35.5. The van der Waals surface area contributed by atoms with Gasteiger partial charge in [0.15, 0.2) is 10.6 Å². The lowest BCUT2D eigenvalue weighted by Gasteiger charge is -2.19. The molecule has 0 radical (unpaired) electrons. The fourth-order valence-corrected chi connectivity index (χ4v) is 3.47. The number of primary sulfonamides is 1. The lowest BCUT2D eigenvalue weighted by atomic mass is 10.2. The number of phenols is 1. The Balaban J connectivity index is 2.87. The summed E-state index contributed by atoms with van der Waals surface area (Å²) in [6, 6.07) is 0. The molecule has 0 unspecified atom stereocenters. The number of hydroxylamine groups is 1. The summed E-state index contributed by atoms with van der Waals surface area (Å²) in [5, 5.41) is 26.0. The second kappa shape index (κ2) is 5.46. The average Bonchev–Trinajstić information content (AvgIpc) is 2.84. The summed E-state index contributed by atoms with van der Waals surface area (Å²) in [5.74, 6) is -1.18. The van der Waals surface area contributed by atoms with E-state index in [1.54, 1.807) is 0 Å². The maximum Gasteiger partial charge on any atom is 0.339 e. The van der Waals surface area contributed by atoms with Crippen LogP contribution in [0.1, 0.15) is 6.42 Å². The molecule has 0 aliphatic carbocycles. The molecule has 0 saturated carbocycles. The van der Waals surface area contributed by atoms with Crippen molar-refractivity contribution in [2.75, 3.05) is 18.2 Å². The van der Waals surface area contributed by atoms with Gasteiger partial charge in [-0.1, -0.05) is 23.2 Å². The first-order valence-corrected chi connectivity index (χ1v) is 7.78. The van der Waals surface area contributed by atoms with E-state index in [4.69, 9.17) is 33.2 Å². The number of hydrogen-bond donors (Lipinski definition) is 2. The first-order valence-electron chi connectivity index (χ1n) is 5.47. The Morgan fingerprint density at radius 2 is 2.00 bits per heavy atom. The van der Waals surface area contributed by atoms with Crippen LogP contribution in [0.4, 0.5) is 11.4 Å². The van der Waals surface area contributed by atoms with Crippen LogP contribution in [0, 0.1) is 10.1 Å². The Labute approximate surface area is 129 Å². The molecule has 3 N–H and O–H groups in total. The molecule has 21 heavy (non-hydrogen) atoms. The third-order valence-corrected chi connectivity index (χ3v) is 4.65. The summed E-state index contributed by atoms with van der Waals surface area (Å²) in [6.07, 6.45) is 0.572. The Bertz CT molecular complexity index is 717. The number of anilines is 1. The summed E-state index contributed by atoms with van der Waals surface area (Å²) in [4.78, 5) is 14.3. The van der Waals surface area contributed by atoms with Crippen molar-refractivity contribution in [1.82, 2.24) is 0 Å². The van der Waals surface area contributed by atoms with Crippen molar-refractivity contribution >= 4 is 44.6 Å². The Morgan fingerprint density at radius 3 is 2.43 bits per heavy atom. The standard InChI is InChI=1S/C9H9Cl2N3O6S/c10-4-5(11)9(21(12,18)19)8(15)7(14(16)17)6(4)13-2-1-3-20-13/h15H,1-3H2,(H2,12,18,19). The van der Waals surface area contributed by atoms with Crippen LogP contribution in [0.5, 0.6) is 5.75 Å². The number of benzene rings is 1. The summed E-state index contributed by atoms with van der Waals surface area (Å²) in [7, 11) is -4.51. The first kappa shape index (κ1) is 16.0. The number of sulfonamides is 1. The van der Waals surface area contributed by atoms with Gasteiger partial charge in [-0.25, -0.2) is 18.6 Å². The van der Waals surface area contributed by atoms with E-state index in [1.807, 2.05) is 0 Å². The number of halogens is 2. The van der Waals surface area contributed by atoms with Crippen molar-refractivity contribution in [3.63, 3.8) is 0 Å². The normalized spacial score (nSPS) is 15.5. The maximum absolute atomic E-state index is 11.4. The minimum absolute atomic E-state index is 0.269. The molecule has 1 fully saturated rings. The molecule has 9 nitrogen and oxygen atoms in total. The zero-order valence-electron chi connectivity index (χ0n) is 10.2. The van der Waals surface area contributed by atoms with Crippen LogP contribution in [-0.4, -0.2) is 31.6 Å². The molecule has 1 aromatic carbocycles. The smallest absolute Gasteiger partial charge is 0.339 e. The Morgan fingerprint density at radius 1 is 1.38 bits per heavy atom. The van der Waals surface area contributed by atoms with Gasteiger partial charge < -0.3 is 5.11 Å². The van der Waals surface area contributed by atoms with Gasteiger partial charge in [0.05, 0.1) is 21.6 Å². The molecular weight excluding hydrogens is 349 g/mol. The quantitative estimate of drug-likeness (QED) is 0.615. The molecule has 0 bridgehead atoms. The molecule has 1 aromatic rings. The van der Waals surface area contributed by atoms with Crippen LogP contribution in [0.15, 0.2) is 4.90 Å². The zero-order chi connectivity index (χ0) is 15.9. The average molecular weight is 358 g/mol. The highest BCUT2D eigenvalue weighted by Gasteiger charge is 2.37. The van der Waals surface area contributed by atoms with E-state index in [1.165, 1.54) is 0 Å². The zero-order valence-corrected chi connectivity index (χ0v) is 12.6. The van der Waals surface area contributed by atoms with E-state index >= 15 is 0 Å². The fraction of sp³-hybridized carbons (Fsp3) is 0.333. The van der Waals surface area contributed by atoms with Gasteiger partial charge in [0, 0.05) is 6.54 Å². The van der Waals surface area contributed by atoms with Crippen LogP contribution >= 0.6 is 23.2 Å². The van der Waals surface area contributed by atoms with Gasteiger partial charge in [0.1, 0.15) is 0 Å². The Kier molecular flexibility index (Phi) is 4.17. The highest BCUT2D eigenvalue weighted by Crippen LogP contribution is 2.51. The molecule has 1 aliphatic rings. The Hall–Kier alpha value is -1.33. The molecular formula is C9H9Cl2N3O6S. The van der Waals surface area contributed by atoms with E-state index in [-0.39, 0.29) is 12.2 Å². The van der Waals surface area contributed by atoms with Crippen LogP contribution in [0.3, 0.4) is 0 Å². The van der Waals surface area contributed by atoms with Crippen molar-refractivity contribution in [2.24, 2.45) is 5.14 Å². The molecule has 0 amide bonds. The lowest BCUT2D eigenvalue weighted by Crippen LogP contribution is -2.20. The molecule has 1 saturated heterocycles. The number of hydrogen-bond acceptors (Lipinski definition) is 7. The van der Waals surface area contributed by atoms with Crippen molar-refractivity contribution < 1.29 is 23.3 Å². The minimum atomic E-state index is -4.51. The van der Waals surface area contributed by atoms with Gasteiger partial charge in [-0.15, -0.1) is 0 Å². The van der Waals surface area contributed by atoms with E-state index in [0.29, 0.717) is 13.0 Å². The van der Waals surface area contributed by atoms with Crippen LogP contribution in [0.2, 0.25) is 10.0 Å². The number of aromatic hydroxyl groups is 1. The third kappa shape index (κ3) is 2.72. The van der Waals surface area contributed by atoms with Crippen LogP contribution < -0.4 is 10.2 Å². The lowest BCUT2D eigenvalue weighted by molar-refractivity contribution is -0.385. The number of rotatable bonds is 3. The summed E-state index contributed by atoms with van der Waals surface area (Å²) < 4.78 is 22.9. The molecule has 2 rings (SSSR count). The largest absolute Gasteiger partial charge is 0.501 e. The highest BCUT2D eigenvalue weighted by molar-refractivity contribution is 7.89. The van der Waals surface area contributed by atoms with Crippen LogP contribution in [0.25, 0.3) is 0 Å². The number of phenolic OH excluding ortho intramolecular Hbond substituents is 1. The van der Waals surface area contributed by atoms with Gasteiger partial charge in [-0.3, -0.25) is 15.0 Å². The SMILES string of the molecule is NS(=O)(=O)c1c(O)c([N+](=O)[O-])c(N2CCCO2)c(Cl)c1Cl. The molecule has 12 heteroatoms. The molecule has 0 spiro atoms. The summed E-state index contributed by atoms with van der Waals surface area (Å²) >= 11 is 11.7. The van der Waals surface area contributed by atoms with Gasteiger partial charge in [-0.05, 0) is 6.42 Å². The van der Waals surface area contributed by atoms with Crippen molar-refractivity contribution in [1.29, 1.82) is 0 Å². The minimum Gasteiger partial charge on any atom is -0.501 e. The molecule has 1 heterocycles. The number of nitro groups is 1. The first-order chi connectivity index (χ1) is 9.66. The van der Waals surface area contributed by atoms with Crippen LogP contribution in [-0.2, 0) is 14.9 Å².